The Morgan fingerprint density at radius 3 is 2.16 bits per heavy atom. The average molecular weight is 349 g/mol. The van der Waals surface area contributed by atoms with Crippen LogP contribution in [0.1, 0.15) is 39.5 Å². The third-order valence-corrected chi connectivity index (χ3v) is 7.06. The summed E-state index contributed by atoms with van der Waals surface area (Å²) in [6, 6.07) is 1.28. The van der Waals surface area contributed by atoms with Crippen LogP contribution in [0.4, 0.5) is 4.79 Å². The molecule has 2 amide bonds. The molecule has 0 radical (unpaired) electrons. The minimum absolute atomic E-state index is 0.119. The third kappa shape index (κ3) is 2.82. The number of hydrogen-bond donors (Lipinski definition) is 0. The molecule has 2 unspecified atom stereocenters. The summed E-state index contributed by atoms with van der Waals surface area (Å²) in [6.45, 7) is 7.31. The van der Waals surface area contributed by atoms with Gasteiger partial charge in [0.1, 0.15) is 0 Å². The molecule has 4 aliphatic rings. The first-order chi connectivity index (χ1) is 12.0. The molecule has 0 aromatic rings. The zero-order chi connectivity index (χ0) is 17.7. The van der Waals surface area contributed by atoms with Gasteiger partial charge in [-0.1, -0.05) is 0 Å². The first kappa shape index (κ1) is 17.1. The van der Waals surface area contributed by atoms with E-state index >= 15 is 0 Å². The van der Waals surface area contributed by atoms with Crippen LogP contribution in [-0.2, 0) is 9.53 Å². The Bertz CT molecular complexity index is 528. The fraction of sp³-hybridized carbons (Fsp3) is 0.895. The second-order valence-electron chi connectivity index (χ2n) is 8.28. The van der Waals surface area contributed by atoms with Crippen LogP contribution >= 0.6 is 0 Å². The lowest BCUT2D eigenvalue weighted by molar-refractivity contribution is -0.132. The van der Waals surface area contributed by atoms with E-state index in [9.17, 15) is 9.59 Å². The second kappa shape index (κ2) is 6.45. The number of ether oxygens (including phenoxy) is 1. The summed E-state index contributed by atoms with van der Waals surface area (Å²) < 4.78 is 5.25. The Labute approximate surface area is 150 Å². The molecule has 0 aromatic carbocycles. The number of rotatable bonds is 4. The van der Waals surface area contributed by atoms with Crippen molar-refractivity contribution in [3.8, 4) is 0 Å². The van der Waals surface area contributed by atoms with Gasteiger partial charge >= 0.3 is 6.09 Å². The van der Waals surface area contributed by atoms with Gasteiger partial charge in [-0.05, 0) is 51.4 Å². The molecule has 4 rings (SSSR count). The Kier molecular flexibility index (Phi) is 4.42. The van der Waals surface area contributed by atoms with E-state index in [4.69, 9.17) is 4.74 Å². The summed E-state index contributed by atoms with van der Waals surface area (Å²) in [5.74, 6) is 1.76. The molecule has 1 aliphatic carbocycles. The molecule has 6 heteroatoms. The van der Waals surface area contributed by atoms with Gasteiger partial charge in [-0.2, -0.15) is 0 Å². The minimum Gasteiger partial charge on any atom is -0.450 e. The van der Waals surface area contributed by atoms with E-state index in [-0.39, 0.29) is 12.0 Å². The van der Waals surface area contributed by atoms with Gasteiger partial charge in [0.05, 0.1) is 6.61 Å². The van der Waals surface area contributed by atoms with Gasteiger partial charge in [0.2, 0.25) is 5.91 Å². The lowest BCUT2D eigenvalue weighted by Crippen LogP contribution is -2.52. The van der Waals surface area contributed by atoms with Gasteiger partial charge in [0, 0.05) is 50.7 Å². The molecule has 1 saturated carbocycles. The highest BCUT2D eigenvalue weighted by molar-refractivity contribution is 5.82. The summed E-state index contributed by atoms with van der Waals surface area (Å²) in [7, 11) is 1.91. The summed E-state index contributed by atoms with van der Waals surface area (Å²) in [5, 5.41) is 0. The highest BCUT2D eigenvalue weighted by Gasteiger charge is 2.61. The number of carbonyl (C=O) groups is 2. The predicted octanol–water partition coefficient (Wildman–Crippen LogP) is 1.79. The van der Waals surface area contributed by atoms with Gasteiger partial charge < -0.3 is 14.5 Å². The maximum Gasteiger partial charge on any atom is 0.410 e. The average Bonchev–Trinajstić information content (AvgIpc) is 2.96. The Morgan fingerprint density at radius 1 is 1.04 bits per heavy atom. The van der Waals surface area contributed by atoms with Crippen molar-refractivity contribution >= 4 is 12.0 Å². The second-order valence-corrected chi connectivity index (χ2v) is 8.28. The summed E-state index contributed by atoms with van der Waals surface area (Å²) in [4.78, 5) is 31.1. The normalized spacial score (nSPS) is 39.2. The third-order valence-electron chi connectivity index (χ3n) is 7.06. The molecule has 3 aliphatic heterocycles. The molecule has 0 aromatic heterocycles. The zero-order valence-corrected chi connectivity index (χ0v) is 15.7. The van der Waals surface area contributed by atoms with Gasteiger partial charge in [0.25, 0.3) is 0 Å². The molecule has 0 spiro atoms. The number of hydrogen-bond acceptors (Lipinski definition) is 4. The fourth-order valence-corrected chi connectivity index (χ4v) is 5.58. The van der Waals surface area contributed by atoms with E-state index in [1.54, 1.807) is 0 Å². The SMILES string of the molecule is CCOC(=O)N1C2CCC1CC(N1C[C@@H]3[C@H](C1)[C@@H]3C(=O)N(C)CC)C2. The van der Waals surface area contributed by atoms with Crippen molar-refractivity contribution in [3.63, 3.8) is 0 Å². The van der Waals surface area contributed by atoms with Gasteiger partial charge in [-0.3, -0.25) is 9.69 Å². The maximum atomic E-state index is 12.4. The van der Waals surface area contributed by atoms with Crippen molar-refractivity contribution in [2.24, 2.45) is 17.8 Å². The molecule has 0 N–H and O–H groups in total. The summed E-state index contributed by atoms with van der Waals surface area (Å²) in [6.07, 6.45) is 4.25. The van der Waals surface area contributed by atoms with E-state index < -0.39 is 0 Å². The Hall–Kier alpha value is -1.30. The van der Waals surface area contributed by atoms with Crippen molar-refractivity contribution in [1.82, 2.24) is 14.7 Å². The maximum absolute atomic E-state index is 12.4. The quantitative estimate of drug-likeness (QED) is 0.777. The first-order valence-electron chi connectivity index (χ1n) is 9.99. The summed E-state index contributed by atoms with van der Waals surface area (Å²) >= 11 is 0. The molecule has 5 atom stereocenters. The van der Waals surface area contributed by atoms with Gasteiger partial charge in [-0.25, -0.2) is 4.79 Å². The monoisotopic (exact) mass is 349 g/mol. The van der Waals surface area contributed by atoms with E-state index in [0.29, 0.717) is 42.5 Å². The fourth-order valence-electron chi connectivity index (χ4n) is 5.58. The van der Waals surface area contributed by atoms with Gasteiger partial charge in [-0.15, -0.1) is 0 Å². The van der Waals surface area contributed by atoms with E-state index in [2.05, 4.69) is 4.90 Å². The van der Waals surface area contributed by atoms with Crippen molar-refractivity contribution in [3.05, 3.63) is 0 Å². The van der Waals surface area contributed by atoms with Crippen molar-refractivity contribution in [1.29, 1.82) is 0 Å². The lowest BCUT2D eigenvalue weighted by atomic mass is 9.96. The van der Waals surface area contributed by atoms with Crippen molar-refractivity contribution in [2.75, 3.05) is 33.3 Å². The molecule has 3 saturated heterocycles. The van der Waals surface area contributed by atoms with Gasteiger partial charge in [0.15, 0.2) is 0 Å². The van der Waals surface area contributed by atoms with Crippen molar-refractivity contribution in [2.45, 2.75) is 57.7 Å². The molecule has 140 valence electrons. The number of fused-ring (bicyclic) bond motifs is 3. The molecular formula is C19H31N3O3. The van der Waals surface area contributed by atoms with E-state index in [1.165, 1.54) is 0 Å². The van der Waals surface area contributed by atoms with Crippen LogP contribution in [-0.4, -0.2) is 78.1 Å². The Morgan fingerprint density at radius 2 is 1.64 bits per heavy atom. The first-order valence-corrected chi connectivity index (χ1v) is 9.99. The highest BCUT2D eigenvalue weighted by Crippen LogP contribution is 2.54. The molecule has 2 bridgehead atoms. The van der Waals surface area contributed by atoms with Crippen LogP contribution in [0.2, 0.25) is 0 Å². The topological polar surface area (TPSA) is 53.1 Å². The number of carbonyl (C=O) groups excluding carboxylic acids is 2. The standard InChI is InChI=1S/C19H31N3O3/c1-4-20(3)18(23)17-15-10-21(11-16(15)17)14-8-12-6-7-13(9-14)22(12)19(24)25-5-2/h12-17H,4-11H2,1-3H3/t12?,13?,14?,15-,16+,17-. The van der Waals surface area contributed by atoms with Crippen LogP contribution in [0.25, 0.3) is 0 Å². The number of nitrogens with zero attached hydrogens (tertiary/aromatic N) is 3. The highest BCUT2D eigenvalue weighted by atomic mass is 16.6. The van der Waals surface area contributed by atoms with Crippen molar-refractivity contribution < 1.29 is 14.3 Å². The van der Waals surface area contributed by atoms with Crippen LogP contribution in [0, 0.1) is 17.8 Å². The minimum atomic E-state index is -0.119. The largest absolute Gasteiger partial charge is 0.450 e. The zero-order valence-electron chi connectivity index (χ0n) is 15.7. The Balaban J connectivity index is 1.32. The van der Waals surface area contributed by atoms with Crippen LogP contribution in [0.15, 0.2) is 0 Å². The number of piperidine rings is 2. The number of likely N-dealkylation sites (tertiary alicyclic amines) is 1. The lowest BCUT2D eigenvalue weighted by Gasteiger charge is -2.42. The van der Waals surface area contributed by atoms with Crippen LogP contribution in [0.3, 0.4) is 0 Å². The van der Waals surface area contributed by atoms with E-state index in [0.717, 1.165) is 45.3 Å². The molecule has 25 heavy (non-hydrogen) atoms. The van der Waals surface area contributed by atoms with E-state index in [1.807, 2.05) is 30.7 Å². The molecule has 4 fully saturated rings. The molecule has 6 nitrogen and oxygen atoms in total. The smallest absolute Gasteiger partial charge is 0.410 e. The molecular weight excluding hydrogens is 318 g/mol. The summed E-state index contributed by atoms with van der Waals surface area (Å²) in [5.41, 5.74) is 0. The van der Waals surface area contributed by atoms with Crippen LogP contribution < -0.4 is 0 Å². The number of amides is 2. The molecule has 3 heterocycles. The predicted molar refractivity (Wildman–Crippen MR) is 94.0 cm³/mol. The van der Waals surface area contributed by atoms with Crippen LogP contribution in [0.5, 0.6) is 0 Å².